The zero-order valence-electron chi connectivity index (χ0n) is 7.71. The Hall–Kier alpha value is -0.390. The van der Waals surface area contributed by atoms with Gasteiger partial charge in [-0.3, -0.25) is 0 Å². The molecular formula is C10H8Br2N2S. The second-order valence-corrected chi connectivity index (χ2v) is 6.26. The molecule has 2 rings (SSSR count). The Bertz CT molecular complexity index is 456. The van der Waals surface area contributed by atoms with E-state index in [0.717, 1.165) is 20.8 Å². The van der Waals surface area contributed by atoms with Crippen molar-refractivity contribution < 1.29 is 0 Å². The van der Waals surface area contributed by atoms with Crippen molar-refractivity contribution in [3.8, 4) is 0 Å². The van der Waals surface area contributed by atoms with E-state index in [9.17, 15) is 0 Å². The molecule has 0 fully saturated rings. The molecule has 0 saturated carbocycles. The molecule has 0 bridgehead atoms. The van der Waals surface area contributed by atoms with Crippen molar-refractivity contribution in [3.05, 3.63) is 43.6 Å². The first kappa shape index (κ1) is 11.1. The van der Waals surface area contributed by atoms with Crippen LogP contribution in [0.2, 0.25) is 0 Å². The molecule has 0 aromatic carbocycles. The van der Waals surface area contributed by atoms with Gasteiger partial charge in [0.1, 0.15) is 10.4 Å². The van der Waals surface area contributed by atoms with Crippen molar-refractivity contribution in [1.82, 2.24) is 4.98 Å². The van der Waals surface area contributed by atoms with Crippen LogP contribution < -0.4 is 5.32 Å². The lowest BCUT2D eigenvalue weighted by atomic mass is 10.4. The van der Waals surface area contributed by atoms with Crippen molar-refractivity contribution in [1.29, 1.82) is 0 Å². The van der Waals surface area contributed by atoms with Crippen molar-refractivity contribution in [3.63, 3.8) is 0 Å². The van der Waals surface area contributed by atoms with E-state index in [4.69, 9.17) is 0 Å². The van der Waals surface area contributed by atoms with Gasteiger partial charge < -0.3 is 5.32 Å². The monoisotopic (exact) mass is 346 g/mol. The summed E-state index contributed by atoms with van der Waals surface area (Å²) in [5, 5.41) is 3.26. The summed E-state index contributed by atoms with van der Waals surface area (Å²) < 4.78 is 2.00. The van der Waals surface area contributed by atoms with Crippen molar-refractivity contribution in [2.45, 2.75) is 6.54 Å². The molecule has 5 heteroatoms. The van der Waals surface area contributed by atoms with E-state index >= 15 is 0 Å². The van der Waals surface area contributed by atoms with Gasteiger partial charge >= 0.3 is 0 Å². The minimum absolute atomic E-state index is 0.805. The standard InChI is InChI=1S/C10H8Br2N2S/c11-8-2-1-3-10(14-8)13-6-7-4-5-9(12)15-7/h1-5H,6H2,(H,13,14). The summed E-state index contributed by atoms with van der Waals surface area (Å²) in [6, 6.07) is 9.97. The Morgan fingerprint density at radius 3 is 2.73 bits per heavy atom. The molecule has 0 saturated heterocycles. The molecular weight excluding hydrogens is 340 g/mol. The van der Waals surface area contributed by atoms with Gasteiger partial charge in [-0.15, -0.1) is 11.3 Å². The molecule has 1 N–H and O–H groups in total. The van der Waals surface area contributed by atoms with Gasteiger partial charge in [0, 0.05) is 4.88 Å². The molecule has 0 amide bonds. The van der Waals surface area contributed by atoms with E-state index in [1.165, 1.54) is 4.88 Å². The quantitative estimate of drug-likeness (QED) is 0.838. The van der Waals surface area contributed by atoms with E-state index in [-0.39, 0.29) is 0 Å². The summed E-state index contributed by atoms with van der Waals surface area (Å²) in [5.74, 6) is 0.883. The molecule has 0 radical (unpaired) electrons. The SMILES string of the molecule is Brc1cccc(NCc2ccc(Br)s2)n1. The summed E-state index contributed by atoms with van der Waals surface area (Å²) in [4.78, 5) is 5.57. The molecule has 2 aromatic rings. The van der Waals surface area contributed by atoms with Crippen LogP contribution >= 0.6 is 43.2 Å². The first-order valence-electron chi connectivity index (χ1n) is 4.35. The molecule has 0 unspecified atom stereocenters. The number of hydrogen-bond donors (Lipinski definition) is 1. The van der Waals surface area contributed by atoms with Gasteiger partial charge in [0.15, 0.2) is 0 Å². The van der Waals surface area contributed by atoms with Crippen molar-refractivity contribution in [2.75, 3.05) is 5.32 Å². The number of rotatable bonds is 3. The Balaban J connectivity index is 1.99. The highest BCUT2D eigenvalue weighted by Crippen LogP contribution is 2.22. The van der Waals surface area contributed by atoms with Gasteiger partial charge in [-0.05, 0) is 56.1 Å². The number of hydrogen-bond acceptors (Lipinski definition) is 3. The van der Waals surface area contributed by atoms with Crippen LogP contribution in [0.25, 0.3) is 0 Å². The molecule has 2 nitrogen and oxygen atoms in total. The average molecular weight is 348 g/mol. The third kappa shape index (κ3) is 3.29. The smallest absolute Gasteiger partial charge is 0.127 e. The van der Waals surface area contributed by atoms with Gasteiger partial charge in [0.2, 0.25) is 0 Å². The number of nitrogens with one attached hydrogen (secondary N) is 1. The predicted molar refractivity (Wildman–Crippen MR) is 71.3 cm³/mol. The maximum atomic E-state index is 4.29. The number of pyridine rings is 1. The zero-order valence-corrected chi connectivity index (χ0v) is 11.7. The van der Waals surface area contributed by atoms with E-state index in [0.29, 0.717) is 0 Å². The lowest BCUT2D eigenvalue weighted by Crippen LogP contribution is -1.99. The van der Waals surface area contributed by atoms with Crippen molar-refractivity contribution in [2.24, 2.45) is 0 Å². The minimum atomic E-state index is 0.805. The number of nitrogens with zero attached hydrogens (tertiary/aromatic N) is 1. The second kappa shape index (κ2) is 5.09. The Labute approximate surface area is 109 Å². The fourth-order valence-corrected chi connectivity index (χ4v) is 2.90. The summed E-state index contributed by atoms with van der Waals surface area (Å²) >= 11 is 8.50. The lowest BCUT2D eigenvalue weighted by Gasteiger charge is -2.03. The van der Waals surface area contributed by atoms with Gasteiger partial charge in [-0.1, -0.05) is 6.07 Å². The summed E-state index contributed by atoms with van der Waals surface area (Å²) in [7, 11) is 0. The molecule has 78 valence electrons. The Morgan fingerprint density at radius 2 is 2.07 bits per heavy atom. The van der Waals surface area contributed by atoms with E-state index in [2.05, 4.69) is 54.3 Å². The maximum Gasteiger partial charge on any atom is 0.127 e. The molecule has 0 atom stereocenters. The summed E-state index contributed by atoms with van der Waals surface area (Å²) in [5.41, 5.74) is 0. The average Bonchev–Trinajstić information content (AvgIpc) is 2.62. The second-order valence-electron chi connectivity index (χ2n) is 2.90. The van der Waals surface area contributed by atoms with Crippen LogP contribution in [0.5, 0.6) is 0 Å². The minimum Gasteiger partial charge on any atom is -0.365 e. The number of anilines is 1. The normalized spacial score (nSPS) is 10.3. The number of aromatic nitrogens is 1. The largest absolute Gasteiger partial charge is 0.365 e. The van der Waals surface area contributed by atoms with E-state index < -0.39 is 0 Å². The number of halogens is 2. The van der Waals surface area contributed by atoms with Gasteiger partial charge in [-0.2, -0.15) is 0 Å². The van der Waals surface area contributed by atoms with Gasteiger partial charge in [-0.25, -0.2) is 4.98 Å². The Morgan fingerprint density at radius 1 is 1.20 bits per heavy atom. The Kier molecular flexibility index (Phi) is 3.77. The zero-order chi connectivity index (χ0) is 10.7. The highest BCUT2D eigenvalue weighted by atomic mass is 79.9. The summed E-state index contributed by atoms with van der Waals surface area (Å²) in [6.45, 7) is 0.805. The van der Waals surface area contributed by atoms with Crippen LogP contribution in [0.1, 0.15) is 4.88 Å². The molecule has 0 aliphatic carbocycles. The van der Waals surface area contributed by atoms with E-state index in [1.807, 2.05) is 18.2 Å². The first-order chi connectivity index (χ1) is 7.24. The van der Waals surface area contributed by atoms with Crippen LogP contribution in [0.3, 0.4) is 0 Å². The topological polar surface area (TPSA) is 24.9 Å². The third-order valence-corrected chi connectivity index (χ3v) is 3.85. The van der Waals surface area contributed by atoms with Crippen LogP contribution in [0.15, 0.2) is 38.7 Å². The predicted octanol–water partition coefficient (Wildman–Crippen LogP) is 4.28. The molecule has 0 aliphatic rings. The highest BCUT2D eigenvalue weighted by Gasteiger charge is 1.98. The van der Waals surface area contributed by atoms with Crippen LogP contribution in [-0.4, -0.2) is 4.98 Å². The van der Waals surface area contributed by atoms with Gasteiger partial charge in [0.25, 0.3) is 0 Å². The molecule has 15 heavy (non-hydrogen) atoms. The fourth-order valence-electron chi connectivity index (χ4n) is 1.13. The lowest BCUT2D eigenvalue weighted by molar-refractivity contribution is 1.13. The van der Waals surface area contributed by atoms with Crippen LogP contribution in [0.4, 0.5) is 5.82 Å². The summed E-state index contributed by atoms with van der Waals surface area (Å²) in [6.07, 6.45) is 0. The van der Waals surface area contributed by atoms with Crippen LogP contribution in [0, 0.1) is 0 Å². The maximum absolute atomic E-state index is 4.29. The van der Waals surface area contributed by atoms with Crippen molar-refractivity contribution >= 4 is 49.0 Å². The number of thiophene rings is 1. The fraction of sp³-hybridized carbons (Fsp3) is 0.100. The highest BCUT2D eigenvalue weighted by molar-refractivity contribution is 9.11. The molecule has 2 heterocycles. The third-order valence-electron chi connectivity index (χ3n) is 1.79. The molecule has 2 aromatic heterocycles. The van der Waals surface area contributed by atoms with Crippen LogP contribution in [-0.2, 0) is 6.54 Å². The molecule has 0 aliphatic heterocycles. The molecule has 0 spiro atoms. The first-order valence-corrected chi connectivity index (χ1v) is 6.75. The van der Waals surface area contributed by atoms with Gasteiger partial charge in [0.05, 0.1) is 10.3 Å². The van der Waals surface area contributed by atoms with E-state index in [1.54, 1.807) is 11.3 Å².